The molecule has 4 nitrogen and oxygen atoms in total. The molecule has 2 N–H and O–H groups in total. The highest BCUT2D eigenvalue weighted by Crippen LogP contribution is 2.34. The molecule has 23 heavy (non-hydrogen) atoms. The number of nitrogens with one attached hydrogen (secondary N) is 2. The molecule has 1 heterocycles. The summed E-state index contributed by atoms with van der Waals surface area (Å²) in [5, 5.41) is 7.38. The summed E-state index contributed by atoms with van der Waals surface area (Å²) in [6.45, 7) is 7.81. The Labute approximate surface area is 142 Å². The van der Waals surface area contributed by atoms with Crippen LogP contribution in [0.3, 0.4) is 0 Å². The molecule has 0 aromatic heterocycles. The van der Waals surface area contributed by atoms with E-state index in [9.17, 15) is 0 Å². The van der Waals surface area contributed by atoms with Crippen molar-refractivity contribution in [3.8, 4) is 0 Å². The van der Waals surface area contributed by atoms with Crippen LogP contribution in [0.4, 0.5) is 0 Å². The molecule has 2 unspecified atom stereocenters. The third kappa shape index (κ3) is 4.85. The first-order chi connectivity index (χ1) is 11.3. The predicted molar refractivity (Wildman–Crippen MR) is 97.9 cm³/mol. The Bertz CT molecular complexity index is 381. The average Bonchev–Trinajstić information content (AvgIpc) is 3.06. The lowest BCUT2D eigenvalue weighted by atomic mass is 10.0. The Balaban J connectivity index is 1.41. The summed E-state index contributed by atoms with van der Waals surface area (Å²) in [5.41, 5.74) is 0. The second-order valence-corrected chi connectivity index (χ2v) is 7.75. The molecule has 0 aromatic carbocycles. The van der Waals surface area contributed by atoms with E-state index in [1.807, 2.05) is 0 Å². The van der Waals surface area contributed by atoms with Gasteiger partial charge in [-0.3, -0.25) is 4.99 Å². The fourth-order valence-corrected chi connectivity index (χ4v) is 4.45. The van der Waals surface area contributed by atoms with Crippen molar-refractivity contribution in [2.75, 3.05) is 19.6 Å². The van der Waals surface area contributed by atoms with Crippen molar-refractivity contribution < 1.29 is 0 Å². The number of hydrogen-bond acceptors (Lipinski definition) is 2. The smallest absolute Gasteiger partial charge is 0.191 e. The highest BCUT2D eigenvalue weighted by Gasteiger charge is 2.37. The summed E-state index contributed by atoms with van der Waals surface area (Å²) in [6.07, 6.45) is 12.3. The summed E-state index contributed by atoms with van der Waals surface area (Å²) in [5.74, 6) is 1.95. The fraction of sp³-hybridized carbons (Fsp3) is 0.947. The van der Waals surface area contributed by atoms with Crippen molar-refractivity contribution in [1.82, 2.24) is 15.5 Å². The molecule has 132 valence electrons. The quantitative estimate of drug-likeness (QED) is 0.583. The van der Waals surface area contributed by atoms with Crippen LogP contribution in [0.15, 0.2) is 4.99 Å². The average molecular weight is 321 g/mol. The molecule has 1 aliphatic heterocycles. The van der Waals surface area contributed by atoms with Crippen molar-refractivity contribution in [3.63, 3.8) is 0 Å². The first-order valence-electron chi connectivity index (χ1n) is 10.1. The van der Waals surface area contributed by atoms with E-state index in [1.54, 1.807) is 0 Å². The van der Waals surface area contributed by atoms with Crippen LogP contribution in [0.25, 0.3) is 0 Å². The molecule has 0 amide bonds. The minimum Gasteiger partial charge on any atom is -0.354 e. The van der Waals surface area contributed by atoms with E-state index in [4.69, 9.17) is 0 Å². The maximum atomic E-state index is 4.67. The van der Waals surface area contributed by atoms with Crippen molar-refractivity contribution in [2.24, 2.45) is 10.9 Å². The molecule has 0 radical (unpaired) electrons. The van der Waals surface area contributed by atoms with Crippen LogP contribution in [-0.4, -0.2) is 48.6 Å². The minimum atomic E-state index is 0.605. The van der Waals surface area contributed by atoms with Crippen molar-refractivity contribution >= 4 is 5.96 Å². The molecule has 3 fully saturated rings. The van der Waals surface area contributed by atoms with E-state index in [1.165, 1.54) is 70.9 Å². The van der Waals surface area contributed by atoms with E-state index >= 15 is 0 Å². The SMILES string of the molecule is CCCC1CC1NC(=NCC)NC1CCN(C2CCCC2)CC1. The van der Waals surface area contributed by atoms with Gasteiger partial charge in [0.1, 0.15) is 0 Å². The van der Waals surface area contributed by atoms with Gasteiger partial charge in [0.15, 0.2) is 5.96 Å². The van der Waals surface area contributed by atoms with Gasteiger partial charge in [0, 0.05) is 37.8 Å². The first-order valence-corrected chi connectivity index (χ1v) is 10.1. The van der Waals surface area contributed by atoms with Gasteiger partial charge in [0.25, 0.3) is 0 Å². The molecule has 2 saturated carbocycles. The molecule has 4 heteroatoms. The molecule has 0 spiro atoms. The zero-order valence-corrected chi connectivity index (χ0v) is 15.2. The Hall–Kier alpha value is -0.770. The van der Waals surface area contributed by atoms with Gasteiger partial charge in [-0.05, 0) is 51.4 Å². The number of aliphatic imine (C=N–C) groups is 1. The highest BCUT2D eigenvalue weighted by molar-refractivity contribution is 5.80. The number of piperidine rings is 1. The van der Waals surface area contributed by atoms with E-state index in [-0.39, 0.29) is 0 Å². The number of nitrogens with zero attached hydrogens (tertiary/aromatic N) is 2. The normalized spacial score (nSPS) is 30.6. The van der Waals surface area contributed by atoms with Crippen LogP contribution in [0.5, 0.6) is 0 Å². The molecule has 0 aromatic rings. The van der Waals surface area contributed by atoms with E-state index in [2.05, 4.69) is 34.4 Å². The molecule has 0 bridgehead atoms. The van der Waals surface area contributed by atoms with Crippen LogP contribution < -0.4 is 10.6 Å². The van der Waals surface area contributed by atoms with Crippen LogP contribution in [0.2, 0.25) is 0 Å². The molecular formula is C19H36N4. The van der Waals surface area contributed by atoms with Gasteiger partial charge in [-0.2, -0.15) is 0 Å². The molecule has 2 atom stereocenters. The number of guanidine groups is 1. The van der Waals surface area contributed by atoms with Crippen LogP contribution in [0.1, 0.15) is 71.6 Å². The van der Waals surface area contributed by atoms with E-state index in [0.717, 1.165) is 24.5 Å². The van der Waals surface area contributed by atoms with E-state index in [0.29, 0.717) is 12.1 Å². The predicted octanol–water partition coefficient (Wildman–Crippen LogP) is 3.14. The van der Waals surface area contributed by atoms with Crippen molar-refractivity contribution in [3.05, 3.63) is 0 Å². The van der Waals surface area contributed by atoms with Gasteiger partial charge in [0.2, 0.25) is 0 Å². The molecule has 2 aliphatic carbocycles. The monoisotopic (exact) mass is 320 g/mol. The van der Waals surface area contributed by atoms with E-state index < -0.39 is 0 Å². The van der Waals surface area contributed by atoms with Crippen molar-refractivity contribution in [2.45, 2.75) is 89.8 Å². The van der Waals surface area contributed by atoms with Gasteiger partial charge in [-0.15, -0.1) is 0 Å². The Morgan fingerprint density at radius 3 is 2.43 bits per heavy atom. The highest BCUT2D eigenvalue weighted by atomic mass is 15.2. The lowest BCUT2D eigenvalue weighted by Gasteiger charge is -2.36. The minimum absolute atomic E-state index is 0.605. The number of likely N-dealkylation sites (tertiary alicyclic amines) is 1. The van der Waals surface area contributed by atoms with Crippen molar-refractivity contribution in [1.29, 1.82) is 0 Å². The maximum Gasteiger partial charge on any atom is 0.191 e. The Morgan fingerprint density at radius 1 is 1.04 bits per heavy atom. The topological polar surface area (TPSA) is 39.7 Å². The van der Waals surface area contributed by atoms with Gasteiger partial charge in [0.05, 0.1) is 0 Å². The zero-order valence-electron chi connectivity index (χ0n) is 15.2. The lowest BCUT2D eigenvalue weighted by molar-refractivity contribution is 0.150. The third-order valence-electron chi connectivity index (χ3n) is 5.93. The summed E-state index contributed by atoms with van der Waals surface area (Å²) in [7, 11) is 0. The summed E-state index contributed by atoms with van der Waals surface area (Å²) < 4.78 is 0. The van der Waals surface area contributed by atoms with Gasteiger partial charge in [-0.25, -0.2) is 0 Å². The summed E-state index contributed by atoms with van der Waals surface area (Å²) in [4.78, 5) is 7.41. The second kappa shape index (κ2) is 8.36. The third-order valence-corrected chi connectivity index (χ3v) is 5.93. The second-order valence-electron chi connectivity index (χ2n) is 7.75. The zero-order chi connectivity index (χ0) is 16.1. The standard InChI is InChI=1S/C19H36N4/c1-3-7-15-14-18(15)22-19(20-4-2)21-16-10-12-23(13-11-16)17-8-5-6-9-17/h15-18H,3-14H2,1-2H3,(H2,20,21,22). The summed E-state index contributed by atoms with van der Waals surface area (Å²) >= 11 is 0. The molecule has 3 rings (SSSR count). The molecular weight excluding hydrogens is 284 g/mol. The number of rotatable bonds is 6. The first kappa shape index (κ1) is 17.1. The van der Waals surface area contributed by atoms with Gasteiger partial charge < -0.3 is 15.5 Å². The molecule has 1 saturated heterocycles. The fourth-order valence-electron chi connectivity index (χ4n) is 4.45. The Morgan fingerprint density at radius 2 is 1.78 bits per heavy atom. The molecule has 3 aliphatic rings. The summed E-state index contributed by atoms with van der Waals surface area (Å²) in [6, 6.07) is 2.17. The van der Waals surface area contributed by atoms with Gasteiger partial charge in [-0.1, -0.05) is 26.2 Å². The largest absolute Gasteiger partial charge is 0.354 e. The maximum absolute atomic E-state index is 4.67. The van der Waals surface area contributed by atoms with Crippen LogP contribution in [0, 0.1) is 5.92 Å². The van der Waals surface area contributed by atoms with Gasteiger partial charge >= 0.3 is 0 Å². The van der Waals surface area contributed by atoms with Crippen LogP contribution >= 0.6 is 0 Å². The number of hydrogen-bond donors (Lipinski definition) is 2. The lowest BCUT2D eigenvalue weighted by Crippen LogP contribution is -2.50. The van der Waals surface area contributed by atoms with Crippen LogP contribution in [-0.2, 0) is 0 Å². The Kier molecular flexibility index (Phi) is 6.21.